The van der Waals surface area contributed by atoms with Crippen LogP contribution in [-0.4, -0.2) is 22.5 Å². The minimum Gasteiger partial charge on any atom is -0.309 e. The van der Waals surface area contributed by atoms with Crippen molar-refractivity contribution in [3.63, 3.8) is 0 Å². The Morgan fingerprint density at radius 3 is 2.69 bits per heavy atom. The number of alkyl halides is 3. The van der Waals surface area contributed by atoms with Gasteiger partial charge in [0.1, 0.15) is 0 Å². The van der Waals surface area contributed by atoms with Gasteiger partial charge in [-0.3, -0.25) is 4.68 Å². The molecule has 0 spiro atoms. The largest absolute Gasteiger partial charge is 0.389 e. The van der Waals surface area contributed by atoms with E-state index in [4.69, 9.17) is 0 Å². The van der Waals surface area contributed by atoms with Crippen molar-refractivity contribution >= 4 is 0 Å². The van der Waals surface area contributed by atoms with Gasteiger partial charge in [-0.05, 0) is 26.0 Å². The molecule has 1 unspecified atom stereocenters. The molecule has 0 saturated heterocycles. The van der Waals surface area contributed by atoms with E-state index < -0.39 is 12.6 Å². The summed E-state index contributed by atoms with van der Waals surface area (Å²) in [5.74, 6) is 0. The lowest BCUT2D eigenvalue weighted by atomic mass is 10.2. The zero-order valence-corrected chi connectivity index (χ0v) is 9.38. The molecule has 0 aliphatic heterocycles. The zero-order valence-electron chi connectivity index (χ0n) is 9.38. The second-order valence-electron chi connectivity index (χ2n) is 3.77. The lowest BCUT2D eigenvalue weighted by molar-refractivity contribution is -0.135. The number of hydrogen-bond donors (Lipinski definition) is 1. The van der Waals surface area contributed by atoms with Crippen LogP contribution in [0.4, 0.5) is 13.2 Å². The highest BCUT2D eigenvalue weighted by Crippen LogP contribution is 2.21. The van der Waals surface area contributed by atoms with E-state index in [1.165, 1.54) is 0 Å². The van der Waals surface area contributed by atoms with Gasteiger partial charge < -0.3 is 5.32 Å². The number of hydrogen-bond acceptors (Lipinski definition) is 2. The number of halogens is 3. The van der Waals surface area contributed by atoms with Gasteiger partial charge in [0, 0.05) is 25.7 Å². The van der Waals surface area contributed by atoms with Crippen LogP contribution in [0.15, 0.2) is 12.3 Å². The molecule has 0 fully saturated rings. The van der Waals surface area contributed by atoms with Crippen molar-refractivity contribution in [2.24, 2.45) is 7.05 Å². The predicted octanol–water partition coefficient (Wildman–Crippen LogP) is 2.41. The topological polar surface area (TPSA) is 29.9 Å². The maximum atomic E-state index is 11.9. The summed E-state index contributed by atoms with van der Waals surface area (Å²) in [6.07, 6.45) is -3.02. The lowest BCUT2D eigenvalue weighted by Gasteiger charge is -2.14. The van der Waals surface area contributed by atoms with E-state index in [0.29, 0.717) is 6.54 Å². The molecule has 0 bridgehead atoms. The SMILES string of the molecule is CC(NCCCC(F)(F)F)c1ccnn1C. The van der Waals surface area contributed by atoms with Gasteiger partial charge in [0.25, 0.3) is 0 Å². The second-order valence-corrected chi connectivity index (χ2v) is 3.77. The van der Waals surface area contributed by atoms with Gasteiger partial charge in [-0.1, -0.05) is 0 Å². The summed E-state index contributed by atoms with van der Waals surface area (Å²) >= 11 is 0. The van der Waals surface area contributed by atoms with Gasteiger partial charge in [0.2, 0.25) is 0 Å². The fraction of sp³-hybridized carbons (Fsp3) is 0.700. The van der Waals surface area contributed by atoms with Gasteiger partial charge >= 0.3 is 6.18 Å². The van der Waals surface area contributed by atoms with E-state index in [1.807, 2.05) is 20.0 Å². The van der Waals surface area contributed by atoms with Gasteiger partial charge in [-0.25, -0.2) is 0 Å². The molecule has 16 heavy (non-hydrogen) atoms. The summed E-state index contributed by atoms with van der Waals surface area (Å²) in [6, 6.07) is 1.86. The van der Waals surface area contributed by atoms with E-state index in [2.05, 4.69) is 10.4 Å². The first-order valence-electron chi connectivity index (χ1n) is 5.18. The molecular weight excluding hydrogens is 219 g/mol. The molecule has 6 heteroatoms. The minimum atomic E-state index is -4.06. The van der Waals surface area contributed by atoms with Gasteiger partial charge in [-0.2, -0.15) is 18.3 Å². The Morgan fingerprint density at radius 2 is 2.19 bits per heavy atom. The zero-order chi connectivity index (χ0) is 12.2. The highest BCUT2D eigenvalue weighted by atomic mass is 19.4. The molecule has 92 valence electrons. The molecule has 1 rings (SSSR count). The van der Waals surface area contributed by atoms with Crippen molar-refractivity contribution in [3.05, 3.63) is 18.0 Å². The molecule has 0 aliphatic rings. The molecule has 0 aromatic carbocycles. The van der Waals surface area contributed by atoms with Gasteiger partial charge in [-0.15, -0.1) is 0 Å². The molecule has 1 aromatic heterocycles. The van der Waals surface area contributed by atoms with Crippen LogP contribution >= 0.6 is 0 Å². The Bertz CT molecular complexity index is 319. The van der Waals surface area contributed by atoms with E-state index in [1.54, 1.807) is 10.9 Å². The molecule has 3 nitrogen and oxygen atoms in total. The first-order chi connectivity index (χ1) is 7.40. The monoisotopic (exact) mass is 235 g/mol. The van der Waals surface area contributed by atoms with Crippen molar-refractivity contribution in [3.8, 4) is 0 Å². The van der Waals surface area contributed by atoms with Gasteiger partial charge in [0.15, 0.2) is 0 Å². The van der Waals surface area contributed by atoms with Crippen molar-refractivity contribution in [2.75, 3.05) is 6.54 Å². The summed E-state index contributed by atoms with van der Waals surface area (Å²) in [5.41, 5.74) is 0.965. The first kappa shape index (κ1) is 13.0. The Kier molecular flexibility index (Phi) is 4.35. The normalized spacial score (nSPS) is 14.1. The fourth-order valence-electron chi connectivity index (χ4n) is 1.52. The maximum absolute atomic E-state index is 11.9. The Balaban J connectivity index is 2.26. The summed E-state index contributed by atoms with van der Waals surface area (Å²) < 4.78 is 37.3. The standard InChI is InChI=1S/C10H16F3N3/c1-8(9-4-7-15-16(9)2)14-6-3-5-10(11,12)13/h4,7-8,14H,3,5-6H2,1-2H3. The molecule has 1 atom stereocenters. The minimum absolute atomic E-state index is 0.0146. The lowest BCUT2D eigenvalue weighted by Crippen LogP contribution is -2.23. The van der Waals surface area contributed by atoms with Crippen LogP contribution in [0.5, 0.6) is 0 Å². The average Bonchev–Trinajstić information content (AvgIpc) is 2.57. The van der Waals surface area contributed by atoms with Crippen LogP contribution in [0.1, 0.15) is 31.5 Å². The quantitative estimate of drug-likeness (QED) is 0.794. The third-order valence-electron chi connectivity index (χ3n) is 2.39. The molecule has 1 aromatic rings. The van der Waals surface area contributed by atoms with Crippen molar-refractivity contribution in [1.82, 2.24) is 15.1 Å². The average molecular weight is 235 g/mol. The maximum Gasteiger partial charge on any atom is 0.389 e. The van der Waals surface area contributed by atoms with E-state index in [-0.39, 0.29) is 12.5 Å². The van der Waals surface area contributed by atoms with E-state index >= 15 is 0 Å². The molecule has 0 amide bonds. The summed E-state index contributed by atoms with van der Waals surface area (Å²) in [5, 5.41) is 7.04. The van der Waals surface area contributed by atoms with Gasteiger partial charge in [0.05, 0.1) is 5.69 Å². The molecule has 0 aliphatic carbocycles. The Hall–Kier alpha value is -1.04. The molecular formula is C10H16F3N3. The van der Waals surface area contributed by atoms with Crippen LogP contribution in [0.3, 0.4) is 0 Å². The van der Waals surface area contributed by atoms with Crippen LogP contribution < -0.4 is 5.32 Å². The van der Waals surface area contributed by atoms with Crippen molar-refractivity contribution < 1.29 is 13.2 Å². The summed E-state index contributed by atoms with van der Waals surface area (Å²) in [4.78, 5) is 0. The predicted molar refractivity (Wildman–Crippen MR) is 54.9 cm³/mol. The number of aromatic nitrogens is 2. The molecule has 1 N–H and O–H groups in total. The highest BCUT2D eigenvalue weighted by molar-refractivity contribution is 5.04. The molecule has 0 saturated carbocycles. The van der Waals surface area contributed by atoms with Crippen molar-refractivity contribution in [2.45, 2.75) is 32.0 Å². The van der Waals surface area contributed by atoms with Crippen LogP contribution in [0.2, 0.25) is 0 Å². The Labute approximate surface area is 92.6 Å². The third-order valence-corrected chi connectivity index (χ3v) is 2.39. The number of nitrogens with zero attached hydrogens (tertiary/aromatic N) is 2. The highest BCUT2D eigenvalue weighted by Gasteiger charge is 2.25. The Morgan fingerprint density at radius 1 is 1.50 bits per heavy atom. The fourth-order valence-corrected chi connectivity index (χ4v) is 1.52. The molecule has 0 radical (unpaired) electrons. The smallest absolute Gasteiger partial charge is 0.309 e. The summed E-state index contributed by atoms with van der Waals surface area (Å²) in [6.45, 7) is 2.26. The number of nitrogens with one attached hydrogen (secondary N) is 1. The van der Waals surface area contributed by atoms with Crippen molar-refractivity contribution in [1.29, 1.82) is 0 Å². The van der Waals surface area contributed by atoms with E-state index in [0.717, 1.165) is 5.69 Å². The third kappa shape index (κ3) is 4.22. The molecule has 1 heterocycles. The summed E-state index contributed by atoms with van der Waals surface area (Å²) in [7, 11) is 1.81. The van der Waals surface area contributed by atoms with E-state index in [9.17, 15) is 13.2 Å². The van der Waals surface area contributed by atoms with Crippen LogP contribution in [0.25, 0.3) is 0 Å². The first-order valence-corrected chi connectivity index (χ1v) is 5.18. The number of aryl methyl sites for hydroxylation is 1. The van der Waals surface area contributed by atoms with Crippen LogP contribution in [-0.2, 0) is 7.05 Å². The second kappa shape index (κ2) is 5.34. The number of rotatable bonds is 5. The van der Waals surface area contributed by atoms with Crippen LogP contribution in [0, 0.1) is 0 Å².